The molecule has 0 bridgehead atoms. The van der Waals surface area contributed by atoms with Gasteiger partial charge in [0.15, 0.2) is 0 Å². The molecule has 1 heterocycles. The number of hydrogen-bond acceptors (Lipinski definition) is 3. The fourth-order valence-electron chi connectivity index (χ4n) is 1.69. The minimum absolute atomic E-state index is 0.507. The lowest BCUT2D eigenvalue weighted by Crippen LogP contribution is -2.04. The van der Waals surface area contributed by atoms with Crippen molar-refractivity contribution < 1.29 is 4.74 Å². The highest BCUT2D eigenvalue weighted by Gasteiger charge is 2.08. The van der Waals surface area contributed by atoms with Crippen molar-refractivity contribution in [2.24, 2.45) is 5.73 Å². The van der Waals surface area contributed by atoms with Gasteiger partial charge in [-0.15, -0.1) is 0 Å². The van der Waals surface area contributed by atoms with Crippen LogP contribution in [0.2, 0.25) is 0 Å². The zero-order valence-electron chi connectivity index (χ0n) is 10.3. The summed E-state index contributed by atoms with van der Waals surface area (Å²) in [6, 6.07) is 7.92. The van der Waals surface area contributed by atoms with Crippen molar-refractivity contribution in [1.82, 2.24) is 4.98 Å². The Kier molecular flexibility index (Phi) is 5.36. The summed E-state index contributed by atoms with van der Waals surface area (Å²) in [5, 5.41) is 0. The zero-order chi connectivity index (χ0) is 13.7. The van der Waals surface area contributed by atoms with E-state index in [0.717, 1.165) is 32.2 Å². The molecule has 3 nitrogen and oxygen atoms in total. The van der Waals surface area contributed by atoms with Crippen LogP contribution in [0.3, 0.4) is 0 Å². The van der Waals surface area contributed by atoms with Crippen molar-refractivity contribution in [2.75, 3.05) is 6.61 Å². The van der Waals surface area contributed by atoms with Gasteiger partial charge in [0.25, 0.3) is 0 Å². The van der Waals surface area contributed by atoms with E-state index in [-0.39, 0.29) is 0 Å². The first-order chi connectivity index (χ1) is 9.20. The van der Waals surface area contributed by atoms with Crippen molar-refractivity contribution in [2.45, 2.75) is 13.0 Å². The third-order valence-corrected chi connectivity index (χ3v) is 3.83. The number of nitrogens with zero attached hydrogens (tertiary/aromatic N) is 1. The summed E-state index contributed by atoms with van der Waals surface area (Å²) in [6.07, 6.45) is 4.44. The zero-order valence-corrected chi connectivity index (χ0v) is 13.4. The Hall–Kier alpha value is -0.910. The molecule has 5 heteroatoms. The van der Waals surface area contributed by atoms with Crippen LogP contribution in [-0.4, -0.2) is 11.6 Å². The van der Waals surface area contributed by atoms with E-state index >= 15 is 0 Å². The van der Waals surface area contributed by atoms with E-state index in [1.54, 1.807) is 6.20 Å². The summed E-state index contributed by atoms with van der Waals surface area (Å²) in [5.74, 6) is 0.807. The Labute approximate surface area is 129 Å². The first-order valence-electron chi connectivity index (χ1n) is 5.90. The quantitative estimate of drug-likeness (QED) is 0.853. The number of halogens is 2. The standard InChI is InChI=1S/C14H14Br2N2O/c15-12-6-11(8-17)7-13(16)14(12)19-5-3-10-2-1-4-18-9-10/h1-2,4,6-7,9H,3,5,8,17H2. The average molecular weight is 386 g/mol. The number of nitrogens with two attached hydrogens (primary N) is 1. The van der Waals surface area contributed by atoms with Gasteiger partial charge in [0.2, 0.25) is 0 Å². The van der Waals surface area contributed by atoms with E-state index in [4.69, 9.17) is 10.5 Å². The van der Waals surface area contributed by atoms with Crippen LogP contribution in [0.1, 0.15) is 11.1 Å². The SMILES string of the molecule is NCc1cc(Br)c(OCCc2cccnc2)c(Br)c1. The number of pyridine rings is 1. The molecule has 0 fully saturated rings. The first kappa shape index (κ1) is 14.5. The van der Waals surface area contributed by atoms with Gasteiger partial charge in [-0.2, -0.15) is 0 Å². The van der Waals surface area contributed by atoms with Gasteiger partial charge in [-0.25, -0.2) is 0 Å². The van der Waals surface area contributed by atoms with Crippen LogP contribution in [-0.2, 0) is 13.0 Å². The Bertz CT molecular complexity index is 523. The van der Waals surface area contributed by atoms with E-state index in [2.05, 4.69) is 36.8 Å². The average Bonchev–Trinajstić information content (AvgIpc) is 2.42. The molecule has 19 heavy (non-hydrogen) atoms. The van der Waals surface area contributed by atoms with Crippen LogP contribution in [0.15, 0.2) is 45.6 Å². The summed E-state index contributed by atoms with van der Waals surface area (Å²) in [7, 11) is 0. The monoisotopic (exact) mass is 384 g/mol. The van der Waals surface area contributed by atoms with Crippen molar-refractivity contribution >= 4 is 31.9 Å². The Morgan fingerprint density at radius 2 is 1.89 bits per heavy atom. The summed E-state index contributed by atoms with van der Waals surface area (Å²) in [4.78, 5) is 4.08. The second-order valence-corrected chi connectivity index (χ2v) is 5.76. The first-order valence-corrected chi connectivity index (χ1v) is 7.49. The summed E-state index contributed by atoms with van der Waals surface area (Å²) < 4.78 is 7.63. The van der Waals surface area contributed by atoms with Gasteiger partial charge < -0.3 is 10.5 Å². The highest BCUT2D eigenvalue weighted by atomic mass is 79.9. The lowest BCUT2D eigenvalue weighted by atomic mass is 10.2. The molecule has 0 unspecified atom stereocenters. The summed E-state index contributed by atoms with van der Waals surface area (Å²) >= 11 is 7.00. The highest BCUT2D eigenvalue weighted by Crippen LogP contribution is 2.34. The second-order valence-electron chi connectivity index (χ2n) is 4.05. The number of benzene rings is 1. The van der Waals surface area contributed by atoms with Crippen LogP contribution < -0.4 is 10.5 Å². The molecule has 2 aromatic rings. The molecular formula is C14H14Br2N2O. The fourth-order valence-corrected chi connectivity index (χ4v) is 3.20. The predicted molar refractivity (Wildman–Crippen MR) is 83.2 cm³/mol. The van der Waals surface area contributed by atoms with E-state index in [1.165, 1.54) is 0 Å². The lowest BCUT2D eigenvalue weighted by Gasteiger charge is -2.11. The van der Waals surface area contributed by atoms with Crippen LogP contribution in [0.25, 0.3) is 0 Å². The Morgan fingerprint density at radius 1 is 1.16 bits per heavy atom. The van der Waals surface area contributed by atoms with Gasteiger partial charge in [-0.3, -0.25) is 4.98 Å². The molecule has 0 saturated carbocycles. The van der Waals surface area contributed by atoms with Gasteiger partial charge >= 0.3 is 0 Å². The molecule has 1 aromatic carbocycles. The third-order valence-electron chi connectivity index (χ3n) is 2.65. The molecule has 2 rings (SSSR count). The van der Waals surface area contributed by atoms with Gasteiger partial charge in [-0.05, 0) is 61.2 Å². The lowest BCUT2D eigenvalue weighted by molar-refractivity contribution is 0.317. The van der Waals surface area contributed by atoms with Crippen LogP contribution in [0, 0.1) is 0 Å². The van der Waals surface area contributed by atoms with Gasteiger partial charge in [0.1, 0.15) is 5.75 Å². The number of ether oxygens (including phenoxy) is 1. The van der Waals surface area contributed by atoms with Gasteiger partial charge in [0, 0.05) is 25.4 Å². The van der Waals surface area contributed by atoms with Crippen LogP contribution in [0.4, 0.5) is 0 Å². The number of aromatic nitrogens is 1. The minimum atomic E-state index is 0.507. The number of rotatable bonds is 5. The van der Waals surface area contributed by atoms with Crippen molar-refractivity contribution in [1.29, 1.82) is 0 Å². The molecule has 0 saturated heterocycles. The Morgan fingerprint density at radius 3 is 2.47 bits per heavy atom. The summed E-state index contributed by atoms with van der Waals surface area (Å²) in [5.41, 5.74) is 7.84. The van der Waals surface area contributed by atoms with Crippen molar-refractivity contribution in [3.05, 3.63) is 56.7 Å². The summed E-state index contributed by atoms with van der Waals surface area (Å²) in [6.45, 7) is 1.11. The van der Waals surface area contributed by atoms with E-state index < -0.39 is 0 Å². The maximum atomic E-state index is 5.81. The largest absolute Gasteiger partial charge is 0.491 e. The van der Waals surface area contributed by atoms with E-state index in [1.807, 2.05) is 30.5 Å². The van der Waals surface area contributed by atoms with Crippen molar-refractivity contribution in [3.63, 3.8) is 0 Å². The molecule has 100 valence electrons. The molecule has 1 aromatic heterocycles. The van der Waals surface area contributed by atoms with Crippen LogP contribution in [0.5, 0.6) is 5.75 Å². The normalized spacial score (nSPS) is 10.5. The molecule has 0 aliphatic carbocycles. The van der Waals surface area contributed by atoms with Crippen molar-refractivity contribution in [3.8, 4) is 5.75 Å². The van der Waals surface area contributed by atoms with E-state index in [0.29, 0.717) is 13.2 Å². The van der Waals surface area contributed by atoms with Gasteiger partial charge in [0.05, 0.1) is 15.6 Å². The molecule has 0 atom stereocenters. The van der Waals surface area contributed by atoms with E-state index in [9.17, 15) is 0 Å². The van der Waals surface area contributed by atoms with Gasteiger partial charge in [-0.1, -0.05) is 6.07 Å². The smallest absolute Gasteiger partial charge is 0.147 e. The molecule has 0 aliphatic heterocycles. The fraction of sp³-hybridized carbons (Fsp3) is 0.214. The maximum absolute atomic E-state index is 5.81. The minimum Gasteiger partial charge on any atom is -0.491 e. The molecule has 2 N–H and O–H groups in total. The topological polar surface area (TPSA) is 48.1 Å². The molecule has 0 radical (unpaired) electrons. The van der Waals surface area contributed by atoms with Crippen LogP contribution >= 0.6 is 31.9 Å². The Balaban J connectivity index is 2.00. The molecule has 0 aliphatic rings. The third kappa shape index (κ3) is 4.03. The predicted octanol–water partition coefficient (Wildman–Crippen LogP) is 3.69. The second kappa shape index (κ2) is 7.03. The highest BCUT2D eigenvalue weighted by molar-refractivity contribution is 9.11. The molecule has 0 spiro atoms. The molecular weight excluding hydrogens is 372 g/mol. The maximum Gasteiger partial charge on any atom is 0.147 e. The molecule has 0 amide bonds. The number of hydrogen-bond donors (Lipinski definition) is 1.